The third kappa shape index (κ3) is 4.16. The summed E-state index contributed by atoms with van der Waals surface area (Å²) in [6, 6.07) is 0.779. The van der Waals surface area contributed by atoms with E-state index in [1.54, 1.807) is 0 Å². The van der Waals surface area contributed by atoms with E-state index in [-0.39, 0.29) is 0 Å². The average molecular weight is 269 g/mol. The molecule has 1 N–H and O–H groups in total. The number of thioether (sulfide) groups is 1. The van der Waals surface area contributed by atoms with Crippen LogP contribution in [-0.4, -0.2) is 23.6 Å². The lowest BCUT2D eigenvalue weighted by molar-refractivity contribution is 0.131. The minimum absolute atomic E-state index is 0.470. The normalized spacial score (nSPS) is 34.5. The molecule has 18 heavy (non-hydrogen) atoms. The van der Waals surface area contributed by atoms with Gasteiger partial charge in [-0.1, -0.05) is 40.0 Å². The van der Waals surface area contributed by atoms with E-state index in [0.29, 0.717) is 5.41 Å². The lowest BCUT2D eigenvalue weighted by atomic mass is 9.69. The minimum atomic E-state index is 0.470. The summed E-state index contributed by atoms with van der Waals surface area (Å²) in [6.45, 7) is 8.52. The van der Waals surface area contributed by atoms with Crippen LogP contribution in [0, 0.1) is 11.3 Å². The van der Waals surface area contributed by atoms with E-state index in [2.05, 4.69) is 37.8 Å². The first-order chi connectivity index (χ1) is 8.57. The number of rotatable bonds is 3. The quantitative estimate of drug-likeness (QED) is 0.811. The van der Waals surface area contributed by atoms with Crippen molar-refractivity contribution in [2.75, 3.05) is 12.3 Å². The van der Waals surface area contributed by atoms with Crippen LogP contribution in [0.5, 0.6) is 0 Å². The Morgan fingerprint density at radius 2 is 1.72 bits per heavy atom. The van der Waals surface area contributed by atoms with Crippen LogP contribution >= 0.6 is 11.8 Å². The van der Waals surface area contributed by atoms with Crippen molar-refractivity contribution in [3.63, 3.8) is 0 Å². The van der Waals surface area contributed by atoms with Gasteiger partial charge in [0.1, 0.15) is 0 Å². The molecule has 3 unspecified atom stereocenters. The standard InChI is InChI=1S/C16H31NS/c1-16(2,3)14-9-4-5-10-15(14)17-12-13-8-6-7-11-18-13/h13-15,17H,4-12H2,1-3H3. The van der Waals surface area contributed by atoms with E-state index in [9.17, 15) is 0 Å². The SMILES string of the molecule is CC(C)(C)C1CCCCC1NCC1CCCCS1. The van der Waals surface area contributed by atoms with Gasteiger partial charge in [0.05, 0.1) is 0 Å². The van der Waals surface area contributed by atoms with E-state index < -0.39 is 0 Å². The molecule has 0 aromatic carbocycles. The van der Waals surface area contributed by atoms with Gasteiger partial charge >= 0.3 is 0 Å². The molecule has 0 spiro atoms. The second kappa shape index (κ2) is 6.65. The molecule has 1 heterocycles. The summed E-state index contributed by atoms with van der Waals surface area (Å²) in [4.78, 5) is 0. The van der Waals surface area contributed by atoms with Gasteiger partial charge in [-0.3, -0.25) is 0 Å². The molecular formula is C16H31NS. The molecule has 2 heteroatoms. The molecule has 1 saturated heterocycles. The molecule has 1 nitrogen and oxygen atoms in total. The highest BCUT2D eigenvalue weighted by Crippen LogP contribution is 2.38. The van der Waals surface area contributed by atoms with Crippen LogP contribution < -0.4 is 5.32 Å². The highest BCUT2D eigenvalue weighted by molar-refractivity contribution is 7.99. The zero-order valence-electron chi connectivity index (χ0n) is 12.5. The van der Waals surface area contributed by atoms with Gasteiger partial charge in [0.2, 0.25) is 0 Å². The third-order valence-electron chi connectivity index (χ3n) is 4.76. The molecule has 2 aliphatic rings. The maximum atomic E-state index is 3.93. The molecule has 0 bridgehead atoms. The van der Waals surface area contributed by atoms with Gasteiger partial charge < -0.3 is 5.32 Å². The first-order valence-corrected chi connectivity index (χ1v) is 8.97. The zero-order valence-corrected chi connectivity index (χ0v) is 13.3. The van der Waals surface area contributed by atoms with Crippen molar-refractivity contribution >= 4 is 11.8 Å². The van der Waals surface area contributed by atoms with E-state index in [4.69, 9.17) is 0 Å². The first-order valence-electron chi connectivity index (χ1n) is 7.92. The van der Waals surface area contributed by atoms with Crippen molar-refractivity contribution in [3.05, 3.63) is 0 Å². The van der Waals surface area contributed by atoms with Crippen molar-refractivity contribution in [2.45, 2.75) is 77.0 Å². The second-order valence-corrected chi connectivity index (χ2v) is 8.67. The van der Waals surface area contributed by atoms with Crippen molar-refractivity contribution in [3.8, 4) is 0 Å². The maximum Gasteiger partial charge on any atom is 0.0172 e. The van der Waals surface area contributed by atoms with Gasteiger partial charge in [0.25, 0.3) is 0 Å². The molecular weight excluding hydrogens is 238 g/mol. The fraction of sp³-hybridized carbons (Fsp3) is 1.00. The molecule has 106 valence electrons. The predicted octanol–water partition coefficient (Wildman–Crippen LogP) is 4.47. The number of hydrogen-bond acceptors (Lipinski definition) is 2. The molecule has 0 aromatic rings. The van der Waals surface area contributed by atoms with Crippen LogP contribution in [0.4, 0.5) is 0 Å². The van der Waals surface area contributed by atoms with Gasteiger partial charge in [0, 0.05) is 17.8 Å². The highest BCUT2D eigenvalue weighted by Gasteiger charge is 2.34. The van der Waals surface area contributed by atoms with Gasteiger partial charge in [0.15, 0.2) is 0 Å². The first kappa shape index (κ1) is 14.7. The van der Waals surface area contributed by atoms with Crippen molar-refractivity contribution in [1.82, 2.24) is 5.32 Å². The summed E-state index contributed by atoms with van der Waals surface area (Å²) in [5, 5.41) is 4.82. The molecule has 1 saturated carbocycles. The van der Waals surface area contributed by atoms with Gasteiger partial charge in [-0.2, -0.15) is 11.8 Å². The number of hydrogen-bond donors (Lipinski definition) is 1. The number of nitrogens with one attached hydrogen (secondary N) is 1. The van der Waals surface area contributed by atoms with Crippen molar-refractivity contribution < 1.29 is 0 Å². The van der Waals surface area contributed by atoms with Crippen LogP contribution in [0.25, 0.3) is 0 Å². The van der Waals surface area contributed by atoms with E-state index in [1.165, 1.54) is 57.2 Å². The maximum absolute atomic E-state index is 3.93. The van der Waals surface area contributed by atoms with Gasteiger partial charge in [-0.25, -0.2) is 0 Å². The fourth-order valence-corrected chi connectivity index (χ4v) is 4.91. The lowest BCUT2D eigenvalue weighted by Gasteiger charge is -2.41. The Balaban J connectivity index is 1.81. The summed E-state index contributed by atoms with van der Waals surface area (Å²) in [5.74, 6) is 2.26. The molecule has 0 radical (unpaired) electrons. The molecule has 2 fully saturated rings. The fourth-order valence-electron chi connectivity index (χ4n) is 3.66. The van der Waals surface area contributed by atoms with Crippen LogP contribution in [0.2, 0.25) is 0 Å². The predicted molar refractivity (Wildman–Crippen MR) is 83.3 cm³/mol. The summed E-state index contributed by atoms with van der Waals surface area (Å²) < 4.78 is 0. The largest absolute Gasteiger partial charge is 0.313 e. The Bertz CT molecular complexity index is 240. The summed E-state index contributed by atoms with van der Waals surface area (Å²) >= 11 is 2.20. The Kier molecular flexibility index (Phi) is 5.44. The molecule has 3 atom stereocenters. The summed E-state index contributed by atoms with van der Waals surface area (Å²) in [7, 11) is 0. The second-order valence-electron chi connectivity index (χ2n) is 7.26. The van der Waals surface area contributed by atoms with Crippen LogP contribution in [0.1, 0.15) is 65.7 Å². The van der Waals surface area contributed by atoms with Crippen LogP contribution in [-0.2, 0) is 0 Å². The highest BCUT2D eigenvalue weighted by atomic mass is 32.2. The van der Waals surface area contributed by atoms with Crippen LogP contribution in [0.3, 0.4) is 0 Å². The van der Waals surface area contributed by atoms with E-state index in [1.807, 2.05) is 0 Å². The third-order valence-corrected chi connectivity index (χ3v) is 6.16. The smallest absolute Gasteiger partial charge is 0.0172 e. The molecule has 1 aliphatic heterocycles. The zero-order chi connectivity index (χ0) is 13.0. The monoisotopic (exact) mass is 269 g/mol. The Hall–Kier alpha value is 0.310. The Labute approximate surface area is 118 Å². The van der Waals surface area contributed by atoms with Crippen LogP contribution in [0.15, 0.2) is 0 Å². The lowest BCUT2D eigenvalue weighted by Crippen LogP contribution is -2.46. The van der Waals surface area contributed by atoms with Crippen molar-refractivity contribution in [2.24, 2.45) is 11.3 Å². The summed E-state index contributed by atoms with van der Waals surface area (Å²) in [6.07, 6.45) is 10.0. The molecule has 1 aliphatic carbocycles. The van der Waals surface area contributed by atoms with E-state index in [0.717, 1.165) is 17.2 Å². The topological polar surface area (TPSA) is 12.0 Å². The molecule has 0 aromatic heterocycles. The molecule has 2 rings (SSSR count). The van der Waals surface area contributed by atoms with E-state index >= 15 is 0 Å². The minimum Gasteiger partial charge on any atom is -0.313 e. The van der Waals surface area contributed by atoms with Crippen molar-refractivity contribution in [1.29, 1.82) is 0 Å². The van der Waals surface area contributed by atoms with Gasteiger partial charge in [-0.05, 0) is 42.8 Å². The average Bonchev–Trinajstić information content (AvgIpc) is 2.37. The Morgan fingerprint density at radius 3 is 2.39 bits per heavy atom. The Morgan fingerprint density at radius 1 is 1.00 bits per heavy atom. The summed E-state index contributed by atoms with van der Waals surface area (Å²) in [5.41, 5.74) is 0.470. The van der Waals surface area contributed by atoms with Gasteiger partial charge in [-0.15, -0.1) is 0 Å². The molecule has 0 amide bonds.